The summed E-state index contributed by atoms with van der Waals surface area (Å²) in [4.78, 5) is 2.45. The van der Waals surface area contributed by atoms with Gasteiger partial charge in [0.1, 0.15) is 0 Å². The van der Waals surface area contributed by atoms with Crippen LogP contribution in [-0.4, -0.2) is 0 Å². The lowest BCUT2D eigenvalue weighted by Gasteiger charge is -2.27. The highest BCUT2D eigenvalue weighted by Crippen LogP contribution is 2.49. The number of nitrogens with zero attached hydrogens (tertiary/aromatic N) is 1. The van der Waals surface area contributed by atoms with E-state index in [0.29, 0.717) is 0 Å². The minimum Gasteiger partial charge on any atom is -0.310 e. The number of benzene rings is 7. The van der Waals surface area contributed by atoms with Gasteiger partial charge < -0.3 is 4.90 Å². The van der Waals surface area contributed by atoms with Crippen molar-refractivity contribution in [2.24, 2.45) is 0 Å². The maximum Gasteiger partial charge on any atom is 0.0555 e. The fourth-order valence-corrected chi connectivity index (χ4v) is 8.95. The van der Waals surface area contributed by atoms with Gasteiger partial charge in [-0.2, -0.15) is 0 Å². The molecule has 3 heteroatoms. The predicted molar refractivity (Wildman–Crippen MR) is 198 cm³/mol. The number of fused-ring (bicyclic) bond motifs is 6. The number of thiophene rings is 2. The van der Waals surface area contributed by atoms with Crippen molar-refractivity contribution in [3.05, 3.63) is 164 Å². The summed E-state index contributed by atoms with van der Waals surface area (Å²) in [6.07, 6.45) is 0. The van der Waals surface area contributed by atoms with Crippen LogP contribution in [0.2, 0.25) is 0 Å². The summed E-state index contributed by atoms with van der Waals surface area (Å²) in [5.41, 5.74) is 8.44. The van der Waals surface area contributed by atoms with Crippen LogP contribution in [0.1, 0.15) is 0 Å². The van der Waals surface area contributed by atoms with Crippen molar-refractivity contribution < 1.29 is 0 Å². The average Bonchev–Trinajstić information content (AvgIpc) is 3.68. The van der Waals surface area contributed by atoms with E-state index in [4.69, 9.17) is 0 Å². The number of anilines is 3. The molecule has 0 N–H and O–H groups in total. The van der Waals surface area contributed by atoms with Crippen molar-refractivity contribution in [1.29, 1.82) is 0 Å². The van der Waals surface area contributed by atoms with Crippen molar-refractivity contribution >= 4 is 80.1 Å². The van der Waals surface area contributed by atoms with Crippen LogP contribution in [0, 0.1) is 0 Å². The van der Waals surface area contributed by atoms with E-state index in [-0.39, 0.29) is 0 Å². The third kappa shape index (κ3) is 4.43. The summed E-state index contributed by atoms with van der Waals surface area (Å²) in [5.74, 6) is 0. The Balaban J connectivity index is 1.31. The molecule has 0 saturated carbocycles. The summed E-state index contributed by atoms with van der Waals surface area (Å²) in [5, 5.41) is 5.21. The van der Waals surface area contributed by atoms with Gasteiger partial charge in [-0.3, -0.25) is 0 Å². The maximum absolute atomic E-state index is 2.45. The molecule has 9 aromatic rings. The van der Waals surface area contributed by atoms with Gasteiger partial charge >= 0.3 is 0 Å². The summed E-state index contributed by atoms with van der Waals surface area (Å²) in [6, 6.07) is 59.6. The smallest absolute Gasteiger partial charge is 0.0555 e. The zero-order chi connectivity index (χ0) is 29.7. The first-order chi connectivity index (χ1) is 22.3. The molecule has 0 unspecified atom stereocenters. The zero-order valence-electron chi connectivity index (χ0n) is 24.4. The minimum absolute atomic E-state index is 1.14. The topological polar surface area (TPSA) is 3.24 Å². The Morgan fingerprint density at radius 1 is 0.378 bits per heavy atom. The van der Waals surface area contributed by atoms with E-state index in [2.05, 4.69) is 169 Å². The largest absolute Gasteiger partial charge is 0.310 e. The van der Waals surface area contributed by atoms with E-state index in [1.54, 1.807) is 0 Å². The lowest BCUT2D eigenvalue weighted by molar-refractivity contribution is 1.31. The van der Waals surface area contributed by atoms with Crippen molar-refractivity contribution in [1.82, 2.24) is 0 Å². The predicted octanol–water partition coefficient (Wildman–Crippen LogP) is 13.2. The quantitative estimate of drug-likeness (QED) is 0.188. The Hall–Kier alpha value is -5.22. The SMILES string of the molecule is c1ccc(-c2ccc(N(c3ccc4c(c3)sc3ccccc34)c3ccc(-c4ccccc4)c4sc5ccccc5c34)cc2)cc1. The lowest BCUT2D eigenvalue weighted by Crippen LogP contribution is -2.10. The fraction of sp³-hybridized carbons (Fsp3) is 0. The molecule has 0 atom stereocenters. The first kappa shape index (κ1) is 26.2. The van der Waals surface area contributed by atoms with Gasteiger partial charge in [0, 0.05) is 51.7 Å². The van der Waals surface area contributed by atoms with Crippen molar-refractivity contribution in [3.8, 4) is 22.3 Å². The third-order valence-electron chi connectivity index (χ3n) is 8.68. The van der Waals surface area contributed by atoms with E-state index in [1.807, 2.05) is 22.7 Å². The molecule has 0 amide bonds. The van der Waals surface area contributed by atoms with Crippen LogP contribution >= 0.6 is 22.7 Å². The first-order valence-electron chi connectivity index (χ1n) is 15.2. The first-order valence-corrected chi connectivity index (χ1v) is 16.8. The number of rotatable bonds is 5. The second kappa shape index (κ2) is 10.7. The van der Waals surface area contributed by atoms with Crippen LogP contribution in [0.3, 0.4) is 0 Å². The van der Waals surface area contributed by atoms with Gasteiger partial charge in [-0.05, 0) is 64.7 Å². The molecular formula is C42H27NS2. The second-order valence-corrected chi connectivity index (χ2v) is 13.5. The fourth-order valence-electron chi connectivity index (χ4n) is 6.56. The molecular weight excluding hydrogens is 583 g/mol. The number of hydrogen-bond donors (Lipinski definition) is 0. The molecule has 0 bridgehead atoms. The van der Waals surface area contributed by atoms with E-state index in [9.17, 15) is 0 Å². The van der Waals surface area contributed by atoms with Gasteiger partial charge in [0.05, 0.1) is 5.69 Å². The van der Waals surface area contributed by atoms with Crippen LogP contribution < -0.4 is 4.90 Å². The number of hydrogen-bond acceptors (Lipinski definition) is 3. The Bertz CT molecular complexity index is 2470. The van der Waals surface area contributed by atoms with Gasteiger partial charge in [-0.15, -0.1) is 22.7 Å². The van der Waals surface area contributed by atoms with Gasteiger partial charge in [-0.1, -0.05) is 121 Å². The Morgan fingerprint density at radius 3 is 1.71 bits per heavy atom. The van der Waals surface area contributed by atoms with Crippen molar-refractivity contribution in [2.75, 3.05) is 4.90 Å². The van der Waals surface area contributed by atoms with Crippen molar-refractivity contribution in [2.45, 2.75) is 0 Å². The molecule has 0 saturated heterocycles. The molecule has 0 radical (unpaired) electrons. The van der Waals surface area contributed by atoms with Crippen molar-refractivity contribution in [3.63, 3.8) is 0 Å². The Morgan fingerprint density at radius 2 is 0.956 bits per heavy atom. The Labute approximate surface area is 269 Å². The molecule has 0 spiro atoms. The molecule has 45 heavy (non-hydrogen) atoms. The monoisotopic (exact) mass is 609 g/mol. The van der Waals surface area contributed by atoms with Crippen LogP contribution in [0.4, 0.5) is 17.1 Å². The molecule has 0 aliphatic rings. The molecule has 1 nitrogen and oxygen atoms in total. The van der Waals surface area contributed by atoms with Gasteiger partial charge in [0.25, 0.3) is 0 Å². The Kier molecular flexibility index (Phi) is 6.26. The van der Waals surface area contributed by atoms with E-state index >= 15 is 0 Å². The van der Waals surface area contributed by atoms with Crippen LogP contribution in [0.5, 0.6) is 0 Å². The molecule has 2 aromatic heterocycles. The summed E-state index contributed by atoms with van der Waals surface area (Å²) < 4.78 is 5.24. The van der Waals surface area contributed by atoms with Gasteiger partial charge in [0.2, 0.25) is 0 Å². The standard InChI is InChI=1S/C42H27NS2/c1-3-11-28(12-4-1)29-19-21-31(22-20-29)43(32-23-24-35-34-15-7-9-17-38(34)44-40(35)27-32)37-26-25-33(30-13-5-2-6-14-30)42-41(37)36-16-8-10-18-39(36)45-42/h1-27H. The molecule has 0 aliphatic carbocycles. The van der Waals surface area contributed by atoms with Crippen LogP contribution in [0.25, 0.3) is 62.6 Å². The summed E-state index contributed by atoms with van der Waals surface area (Å²) in [7, 11) is 0. The van der Waals surface area contributed by atoms with E-state index in [0.717, 1.165) is 11.4 Å². The average molecular weight is 610 g/mol. The molecule has 2 heterocycles. The third-order valence-corrected chi connectivity index (χ3v) is 11.0. The maximum atomic E-state index is 2.45. The van der Waals surface area contributed by atoms with Gasteiger partial charge in [-0.25, -0.2) is 0 Å². The normalized spacial score (nSPS) is 11.6. The van der Waals surface area contributed by atoms with Crippen LogP contribution in [0.15, 0.2) is 164 Å². The highest BCUT2D eigenvalue weighted by atomic mass is 32.1. The van der Waals surface area contributed by atoms with Gasteiger partial charge in [0.15, 0.2) is 0 Å². The molecule has 212 valence electrons. The lowest BCUT2D eigenvalue weighted by atomic mass is 9.99. The highest BCUT2D eigenvalue weighted by molar-refractivity contribution is 7.26. The highest BCUT2D eigenvalue weighted by Gasteiger charge is 2.21. The summed E-state index contributed by atoms with van der Waals surface area (Å²) in [6.45, 7) is 0. The zero-order valence-corrected chi connectivity index (χ0v) is 26.0. The van der Waals surface area contributed by atoms with E-state index in [1.165, 1.54) is 68.3 Å². The molecule has 0 fully saturated rings. The van der Waals surface area contributed by atoms with E-state index < -0.39 is 0 Å². The minimum atomic E-state index is 1.14. The van der Waals surface area contributed by atoms with Crippen LogP contribution in [-0.2, 0) is 0 Å². The molecule has 7 aromatic carbocycles. The summed E-state index contributed by atoms with van der Waals surface area (Å²) >= 11 is 3.75. The second-order valence-electron chi connectivity index (χ2n) is 11.3. The molecule has 9 rings (SSSR count). The molecule has 0 aliphatic heterocycles.